The summed E-state index contributed by atoms with van der Waals surface area (Å²) in [6.07, 6.45) is 8.70. The molecule has 0 spiro atoms. The Labute approximate surface area is 168 Å². The number of aromatic amines is 1. The van der Waals surface area contributed by atoms with E-state index in [4.69, 9.17) is 0 Å². The van der Waals surface area contributed by atoms with Crippen LogP contribution in [0.2, 0.25) is 0 Å². The Kier molecular flexibility index (Phi) is 4.29. The van der Waals surface area contributed by atoms with Crippen LogP contribution in [-0.4, -0.2) is 63.9 Å². The van der Waals surface area contributed by atoms with Crippen LogP contribution < -0.4 is 5.56 Å². The van der Waals surface area contributed by atoms with E-state index in [1.165, 1.54) is 10.6 Å². The fourth-order valence-corrected chi connectivity index (χ4v) is 5.28. The minimum absolute atomic E-state index is 0.00389. The summed E-state index contributed by atoms with van der Waals surface area (Å²) in [5, 5.41) is 0. The molecule has 1 saturated heterocycles. The van der Waals surface area contributed by atoms with E-state index in [1.807, 2.05) is 23.6 Å². The summed E-state index contributed by atoms with van der Waals surface area (Å²) in [6.45, 7) is 8.12. The van der Waals surface area contributed by atoms with E-state index in [2.05, 4.69) is 51.1 Å². The van der Waals surface area contributed by atoms with Gasteiger partial charge in [0.25, 0.3) is 5.56 Å². The highest BCUT2D eigenvalue weighted by atomic mass is 32.1. The number of rotatable bonds is 3. The lowest BCUT2D eigenvalue weighted by atomic mass is 10.2. The maximum absolute atomic E-state index is 12.4. The maximum atomic E-state index is 12.4. The summed E-state index contributed by atoms with van der Waals surface area (Å²) in [7, 11) is 2.12. The topological polar surface area (TPSA) is 47.0 Å². The van der Waals surface area contributed by atoms with E-state index < -0.39 is 0 Å². The van der Waals surface area contributed by atoms with Crippen molar-refractivity contribution in [2.45, 2.75) is 13.5 Å². The molecule has 146 valence electrons. The predicted molar refractivity (Wildman–Crippen MR) is 115 cm³/mol. The van der Waals surface area contributed by atoms with Gasteiger partial charge in [-0.3, -0.25) is 9.69 Å². The highest BCUT2D eigenvalue weighted by Crippen LogP contribution is 2.26. The van der Waals surface area contributed by atoms with Gasteiger partial charge >= 0.3 is 0 Å². The van der Waals surface area contributed by atoms with Crippen molar-refractivity contribution in [3.05, 3.63) is 63.2 Å². The molecule has 0 aliphatic carbocycles. The fraction of sp³-hybridized carbons (Fsp3) is 0.381. The number of likely N-dealkylation sites (N-methyl/N-ethyl adjacent to an activating group) is 1. The highest BCUT2D eigenvalue weighted by Gasteiger charge is 2.20. The molecule has 5 heterocycles. The van der Waals surface area contributed by atoms with Crippen LogP contribution >= 0.6 is 11.3 Å². The molecular weight excluding hydrogens is 370 g/mol. The lowest BCUT2D eigenvalue weighted by Crippen LogP contribution is -2.45. The number of hydrogen-bond acceptors (Lipinski definition) is 5. The Balaban J connectivity index is 1.32. The number of H-pyrrole nitrogens is 1. The number of nitrogens with one attached hydrogen (secondary N) is 1. The van der Waals surface area contributed by atoms with Gasteiger partial charge in [0.15, 0.2) is 0 Å². The van der Waals surface area contributed by atoms with E-state index in [0.717, 1.165) is 60.7 Å². The Morgan fingerprint density at radius 3 is 2.82 bits per heavy atom. The number of nitrogens with zero attached hydrogens (tertiary/aromatic N) is 4. The summed E-state index contributed by atoms with van der Waals surface area (Å²) in [6, 6.07) is 4.24. The molecule has 5 rings (SSSR count). The average molecular weight is 396 g/mol. The monoisotopic (exact) mass is 395 g/mol. The summed E-state index contributed by atoms with van der Waals surface area (Å²) in [5.74, 6) is 0. The maximum Gasteiger partial charge on any atom is 0.273 e. The van der Waals surface area contributed by atoms with Crippen LogP contribution in [0.5, 0.6) is 0 Å². The molecule has 0 radical (unpaired) electrons. The molecule has 2 aliphatic rings. The third-order valence-corrected chi connectivity index (χ3v) is 6.73. The average Bonchev–Trinajstić information content (AvgIpc) is 3.26. The van der Waals surface area contributed by atoms with Crippen LogP contribution in [0.3, 0.4) is 0 Å². The summed E-state index contributed by atoms with van der Waals surface area (Å²) in [5.41, 5.74) is 4.18. The van der Waals surface area contributed by atoms with Crippen LogP contribution in [0.4, 0.5) is 0 Å². The van der Waals surface area contributed by atoms with Crippen LogP contribution in [0.15, 0.2) is 47.2 Å². The Bertz CT molecular complexity index is 1140. The standard InChI is InChI=1S/C21H25N5OS/c1-15-5-7-26-18-12-17(28-21(18)22-20(27)19(15)26)14-24-8-10-25(11-9-24)16-4-3-6-23(2)13-16/h3-5,7,12-13H,6,8-11,14H2,1-2H3,(H,22,27). The van der Waals surface area contributed by atoms with Gasteiger partial charge in [-0.2, -0.15) is 0 Å². The summed E-state index contributed by atoms with van der Waals surface area (Å²) >= 11 is 1.70. The van der Waals surface area contributed by atoms with Crippen molar-refractivity contribution >= 4 is 27.2 Å². The molecule has 28 heavy (non-hydrogen) atoms. The SMILES string of the molecule is Cc1ccn2c1c(=O)[nH]c1sc(CN3CCN(C4=CN(C)CC=C4)CC3)cc12. The number of aromatic nitrogens is 2. The van der Waals surface area contributed by atoms with Gasteiger partial charge in [0, 0.05) is 63.6 Å². The van der Waals surface area contributed by atoms with E-state index in [0.29, 0.717) is 0 Å². The zero-order valence-electron chi connectivity index (χ0n) is 16.3. The Morgan fingerprint density at radius 1 is 1.21 bits per heavy atom. The molecule has 0 aromatic carbocycles. The largest absolute Gasteiger partial charge is 0.375 e. The third kappa shape index (κ3) is 3.04. The molecule has 0 atom stereocenters. The molecule has 1 N–H and O–H groups in total. The van der Waals surface area contributed by atoms with Crippen LogP contribution in [0, 0.1) is 6.92 Å². The lowest BCUT2D eigenvalue weighted by Gasteiger charge is -2.37. The molecule has 2 aliphatic heterocycles. The molecule has 0 saturated carbocycles. The number of thiophene rings is 1. The van der Waals surface area contributed by atoms with Crippen molar-refractivity contribution in [1.82, 2.24) is 24.1 Å². The second kappa shape index (κ2) is 6.83. The Morgan fingerprint density at radius 2 is 2.04 bits per heavy atom. The van der Waals surface area contributed by atoms with E-state index in [-0.39, 0.29) is 5.56 Å². The van der Waals surface area contributed by atoms with Crippen LogP contribution in [0.25, 0.3) is 15.9 Å². The predicted octanol–water partition coefficient (Wildman–Crippen LogP) is 2.61. The van der Waals surface area contributed by atoms with Gasteiger partial charge in [-0.05, 0) is 30.7 Å². The van der Waals surface area contributed by atoms with Gasteiger partial charge in [-0.15, -0.1) is 11.3 Å². The molecule has 3 aromatic rings. The van der Waals surface area contributed by atoms with E-state index in [1.54, 1.807) is 11.3 Å². The second-order valence-electron chi connectivity index (χ2n) is 7.76. The quantitative estimate of drug-likeness (QED) is 0.741. The molecule has 6 nitrogen and oxygen atoms in total. The van der Waals surface area contributed by atoms with E-state index >= 15 is 0 Å². The number of aryl methyl sites for hydroxylation is 1. The molecule has 0 bridgehead atoms. The van der Waals surface area contributed by atoms with Crippen molar-refractivity contribution in [2.24, 2.45) is 0 Å². The van der Waals surface area contributed by atoms with Gasteiger partial charge in [0.1, 0.15) is 10.3 Å². The minimum atomic E-state index is -0.00389. The lowest BCUT2D eigenvalue weighted by molar-refractivity contribution is 0.155. The first-order valence-corrected chi connectivity index (χ1v) is 10.6. The van der Waals surface area contributed by atoms with Crippen molar-refractivity contribution in [2.75, 3.05) is 39.8 Å². The van der Waals surface area contributed by atoms with Gasteiger partial charge in [-0.1, -0.05) is 6.08 Å². The number of hydrogen-bond donors (Lipinski definition) is 1. The highest BCUT2D eigenvalue weighted by molar-refractivity contribution is 7.18. The fourth-order valence-electron chi connectivity index (χ4n) is 4.19. The van der Waals surface area contributed by atoms with Crippen molar-refractivity contribution in [3.8, 4) is 0 Å². The molecule has 7 heteroatoms. The first kappa shape index (κ1) is 17.6. The molecule has 0 amide bonds. The van der Waals surface area contributed by atoms with Crippen molar-refractivity contribution in [1.29, 1.82) is 0 Å². The first-order chi connectivity index (χ1) is 13.6. The number of fused-ring (bicyclic) bond motifs is 3. The molecule has 0 unspecified atom stereocenters. The van der Waals surface area contributed by atoms with Crippen molar-refractivity contribution in [3.63, 3.8) is 0 Å². The zero-order valence-corrected chi connectivity index (χ0v) is 17.1. The van der Waals surface area contributed by atoms with Gasteiger partial charge in [0.05, 0.1) is 11.2 Å². The smallest absolute Gasteiger partial charge is 0.273 e. The summed E-state index contributed by atoms with van der Waals surface area (Å²) < 4.78 is 2.03. The third-order valence-electron chi connectivity index (χ3n) is 5.70. The minimum Gasteiger partial charge on any atom is -0.375 e. The van der Waals surface area contributed by atoms with Gasteiger partial charge < -0.3 is 19.2 Å². The normalized spacial score (nSPS) is 18.4. The van der Waals surface area contributed by atoms with Crippen molar-refractivity contribution < 1.29 is 0 Å². The van der Waals surface area contributed by atoms with Crippen LogP contribution in [-0.2, 0) is 6.54 Å². The number of allylic oxidation sites excluding steroid dienone is 1. The molecule has 3 aromatic heterocycles. The first-order valence-electron chi connectivity index (χ1n) is 9.77. The summed E-state index contributed by atoms with van der Waals surface area (Å²) in [4.78, 5) is 24.9. The second-order valence-corrected chi connectivity index (χ2v) is 8.89. The zero-order chi connectivity index (χ0) is 19.3. The molecular formula is C21H25N5OS. The van der Waals surface area contributed by atoms with E-state index in [9.17, 15) is 4.79 Å². The molecule has 1 fully saturated rings. The Hall–Kier alpha value is -2.51. The van der Waals surface area contributed by atoms with Gasteiger partial charge in [0.2, 0.25) is 0 Å². The van der Waals surface area contributed by atoms with Gasteiger partial charge in [-0.25, -0.2) is 0 Å². The van der Waals surface area contributed by atoms with Crippen LogP contribution in [0.1, 0.15) is 10.4 Å². The number of piperazine rings is 1.